The molecule has 0 atom stereocenters. The van der Waals surface area contributed by atoms with Gasteiger partial charge < -0.3 is 4.90 Å². The molecule has 3 heteroatoms. The van der Waals surface area contributed by atoms with Crippen molar-refractivity contribution in [3.63, 3.8) is 0 Å². The molecule has 0 fully saturated rings. The van der Waals surface area contributed by atoms with Gasteiger partial charge in [0.05, 0.1) is 11.3 Å². The van der Waals surface area contributed by atoms with Crippen LogP contribution in [0.25, 0.3) is 0 Å². The van der Waals surface area contributed by atoms with Crippen molar-refractivity contribution in [2.45, 2.75) is 18.2 Å². The van der Waals surface area contributed by atoms with Crippen molar-refractivity contribution in [3.05, 3.63) is 35.4 Å². The maximum Gasteiger partial charge on any atom is 0.103 e. The minimum absolute atomic E-state index is 0.815. The van der Waals surface area contributed by atoms with Crippen LogP contribution in [0.2, 0.25) is 0 Å². The van der Waals surface area contributed by atoms with E-state index in [1.807, 2.05) is 18.4 Å². The zero-order valence-electron chi connectivity index (χ0n) is 10.2. The molecule has 1 heterocycles. The van der Waals surface area contributed by atoms with E-state index in [4.69, 9.17) is 0 Å². The van der Waals surface area contributed by atoms with Gasteiger partial charge in [-0.2, -0.15) is 5.26 Å². The summed E-state index contributed by atoms with van der Waals surface area (Å²) >= 11 is 1.64. The van der Waals surface area contributed by atoms with Crippen molar-refractivity contribution in [2.24, 2.45) is 0 Å². The third-order valence-electron chi connectivity index (χ3n) is 3.01. The van der Waals surface area contributed by atoms with E-state index in [0.29, 0.717) is 0 Å². The molecule has 1 aliphatic heterocycles. The van der Waals surface area contributed by atoms with E-state index in [1.54, 1.807) is 11.8 Å². The summed E-state index contributed by atoms with van der Waals surface area (Å²) in [6.45, 7) is 4.09. The summed E-state index contributed by atoms with van der Waals surface area (Å²) in [5.74, 6) is 0. The summed E-state index contributed by atoms with van der Waals surface area (Å²) in [5.41, 5.74) is 3.27. The van der Waals surface area contributed by atoms with Crippen molar-refractivity contribution >= 4 is 17.4 Å². The lowest BCUT2D eigenvalue weighted by molar-refractivity contribution is 0.789. The third-order valence-corrected chi connectivity index (χ3v) is 3.79. The summed E-state index contributed by atoms with van der Waals surface area (Å²) < 4.78 is 0. The lowest BCUT2D eigenvalue weighted by Crippen LogP contribution is -2.29. The Kier molecular flexibility index (Phi) is 3.75. The Labute approximate surface area is 107 Å². The van der Waals surface area contributed by atoms with E-state index in [1.165, 1.54) is 5.57 Å². The zero-order valence-corrected chi connectivity index (χ0v) is 11.0. The van der Waals surface area contributed by atoms with Gasteiger partial charge in [0.1, 0.15) is 6.07 Å². The van der Waals surface area contributed by atoms with E-state index < -0.39 is 0 Å². The summed E-state index contributed by atoms with van der Waals surface area (Å²) in [5, 5.41) is 9.32. The molecule has 0 aliphatic carbocycles. The molecule has 1 aromatic rings. The fourth-order valence-electron chi connectivity index (χ4n) is 2.18. The largest absolute Gasteiger partial charge is 0.366 e. The fourth-order valence-corrected chi connectivity index (χ4v) is 2.75. The molecule has 0 saturated heterocycles. The molecule has 0 amide bonds. The molecule has 88 valence electrons. The molecule has 2 nitrogen and oxygen atoms in total. The number of anilines is 1. The highest BCUT2D eigenvalue weighted by Gasteiger charge is 2.16. The first kappa shape index (κ1) is 12.1. The minimum Gasteiger partial charge on any atom is -0.366 e. The average molecular weight is 244 g/mol. The van der Waals surface area contributed by atoms with Crippen LogP contribution in [-0.4, -0.2) is 19.3 Å². The summed E-state index contributed by atoms with van der Waals surface area (Å²) in [7, 11) is 0. The number of thioether (sulfide) groups is 1. The highest BCUT2D eigenvalue weighted by Crippen LogP contribution is 2.30. The molecule has 0 spiro atoms. The van der Waals surface area contributed by atoms with Gasteiger partial charge in [0.15, 0.2) is 0 Å². The molecule has 17 heavy (non-hydrogen) atoms. The van der Waals surface area contributed by atoms with Gasteiger partial charge in [-0.05, 0) is 31.7 Å². The molecule has 0 saturated carbocycles. The standard InChI is InChI=1S/C14H16N2S/c1-11-5-4-8-16(10-11)13-6-3-7-14(17-2)12(13)9-15/h3,5-7H,4,8,10H2,1-2H3. The fraction of sp³-hybridized carbons (Fsp3) is 0.357. The van der Waals surface area contributed by atoms with Gasteiger partial charge in [0.2, 0.25) is 0 Å². The predicted octanol–water partition coefficient (Wildman–Crippen LogP) is 3.44. The Morgan fingerprint density at radius 2 is 2.24 bits per heavy atom. The van der Waals surface area contributed by atoms with Crippen molar-refractivity contribution in [1.29, 1.82) is 5.26 Å². The van der Waals surface area contributed by atoms with E-state index in [-0.39, 0.29) is 0 Å². The molecular weight excluding hydrogens is 228 g/mol. The number of benzene rings is 1. The van der Waals surface area contributed by atoms with Crippen LogP contribution in [0.15, 0.2) is 34.7 Å². The van der Waals surface area contributed by atoms with Crippen molar-refractivity contribution in [2.75, 3.05) is 24.2 Å². The van der Waals surface area contributed by atoms with E-state index in [0.717, 1.165) is 35.7 Å². The van der Waals surface area contributed by atoms with Gasteiger partial charge in [0, 0.05) is 18.0 Å². The van der Waals surface area contributed by atoms with Crippen molar-refractivity contribution < 1.29 is 0 Å². The lowest BCUT2D eigenvalue weighted by Gasteiger charge is -2.29. The molecule has 2 rings (SSSR count). The van der Waals surface area contributed by atoms with Crippen LogP contribution in [0.1, 0.15) is 18.9 Å². The smallest absolute Gasteiger partial charge is 0.103 e. The number of nitrogens with zero attached hydrogens (tertiary/aromatic N) is 2. The third kappa shape index (κ3) is 2.48. The Bertz CT molecular complexity index is 485. The van der Waals surface area contributed by atoms with E-state index >= 15 is 0 Å². The molecule has 1 aromatic carbocycles. The van der Waals surface area contributed by atoms with Gasteiger partial charge in [-0.15, -0.1) is 11.8 Å². The summed E-state index contributed by atoms with van der Waals surface area (Å²) in [6, 6.07) is 8.45. The van der Waals surface area contributed by atoms with Crippen LogP contribution in [-0.2, 0) is 0 Å². The summed E-state index contributed by atoms with van der Waals surface area (Å²) in [6.07, 6.45) is 5.36. The Morgan fingerprint density at radius 1 is 1.41 bits per heavy atom. The normalized spacial score (nSPS) is 15.4. The second kappa shape index (κ2) is 5.29. The van der Waals surface area contributed by atoms with Crippen LogP contribution >= 0.6 is 11.8 Å². The minimum atomic E-state index is 0.815. The average Bonchev–Trinajstić information content (AvgIpc) is 2.37. The first-order valence-electron chi connectivity index (χ1n) is 5.74. The number of nitriles is 1. The Morgan fingerprint density at radius 3 is 2.88 bits per heavy atom. The molecule has 0 bridgehead atoms. The second-order valence-corrected chi connectivity index (χ2v) is 5.07. The molecule has 0 unspecified atom stereocenters. The monoisotopic (exact) mass is 244 g/mol. The zero-order chi connectivity index (χ0) is 12.3. The van der Waals surface area contributed by atoms with Crippen molar-refractivity contribution in [1.82, 2.24) is 0 Å². The van der Waals surface area contributed by atoms with Gasteiger partial charge in [-0.1, -0.05) is 17.7 Å². The molecule has 1 aliphatic rings. The Hall–Kier alpha value is -1.40. The van der Waals surface area contributed by atoms with Crippen LogP contribution in [0, 0.1) is 11.3 Å². The predicted molar refractivity (Wildman–Crippen MR) is 73.5 cm³/mol. The van der Waals surface area contributed by atoms with Gasteiger partial charge >= 0.3 is 0 Å². The highest BCUT2D eigenvalue weighted by molar-refractivity contribution is 7.98. The Balaban J connectivity index is 2.39. The van der Waals surface area contributed by atoms with Gasteiger partial charge in [0.25, 0.3) is 0 Å². The molecule has 0 aromatic heterocycles. The lowest BCUT2D eigenvalue weighted by atomic mass is 10.1. The maximum atomic E-state index is 9.32. The first-order valence-corrected chi connectivity index (χ1v) is 6.96. The molecule has 0 N–H and O–H groups in total. The quantitative estimate of drug-likeness (QED) is 0.589. The van der Waals surface area contributed by atoms with Crippen LogP contribution in [0.3, 0.4) is 0 Å². The number of hydrogen-bond acceptors (Lipinski definition) is 3. The SMILES string of the molecule is CSc1cccc(N2CCC=C(C)C2)c1C#N. The van der Waals surface area contributed by atoms with Crippen LogP contribution in [0.5, 0.6) is 0 Å². The number of hydrogen-bond donors (Lipinski definition) is 0. The highest BCUT2D eigenvalue weighted by atomic mass is 32.2. The van der Waals surface area contributed by atoms with Gasteiger partial charge in [-0.25, -0.2) is 0 Å². The second-order valence-electron chi connectivity index (χ2n) is 4.23. The first-order chi connectivity index (χ1) is 8.26. The van der Waals surface area contributed by atoms with Crippen LogP contribution < -0.4 is 4.90 Å². The molecule has 0 radical (unpaired) electrons. The van der Waals surface area contributed by atoms with E-state index in [2.05, 4.69) is 30.0 Å². The maximum absolute atomic E-state index is 9.32. The van der Waals surface area contributed by atoms with E-state index in [9.17, 15) is 5.26 Å². The molecular formula is C14H16N2S. The van der Waals surface area contributed by atoms with Crippen molar-refractivity contribution in [3.8, 4) is 6.07 Å². The van der Waals surface area contributed by atoms with Crippen LogP contribution in [0.4, 0.5) is 5.69 Å². The topological polar surface area (TPSA) is 27.0 Å². The summed E-state index contributed by atoms with van der Waals surface area (Å²) in [4.78, 5) is 3.37. The number of rotatable bonds is 2. The van der Waals surface area contributed by atoms with Gasteiger partial charge in [-0.3, -0.25) is 0 Å².